The minimum absolute atomic E-state index is 0.172. The molecule has 2 aromatic carbocycles. The number of rotatable bonds is 7. The summed E-state index contributed by atoms with van der Waals surface area (Å²) in [4.78, 5) is 39.1. The summed E-state index contributed by atoms with van der Waals surface area (Å²) in [5.41, 5.74) is 3.23. The summed E-state index contributed by atoms with van der Waals surface area (Å²) in [6.07, 6.45) is 3.45. The molecule has 0 aliphatic carbocycles. The lowest BCUT2D eigenvalue weighted by molar-refractivity contribution is -0.122. The number of aryl methyl sites for hydroxylation is 2. The third-order valence-corrected chi connectivity index (χ3v) is 5.18. The summed E-state index contributed by atoms with van der Waals surface area (Å²) in [5.74, 6) is -0.810. The van der Waals surface area contributed by atoms with Crippen LogP contribution < -0.4 is 19.7 Å². The molecule has 0 unspecified atom stereocenters. The van der Waals surface area contributed by atoms with Crippen LogP contribution in [0.5, 0.6) is 11.5 Å². The number of nitrogens with one attached hydrogen (secondary N) is 1. The van der Waals surface area contributed by atoms with Crippen LogP contribution in [0.4, 0.5) is 10.5 Å². The number of carbonyl (C=O) groups excluding carboxylic acids is 3. The number of benzene rings is 2. The number of hydrogen-bond acceptors (Lipinski definition) is 6. The van der Waals surface area contributed by atoms with Crippen molar-refractivity contribution in [1.82, 2.24) is 5.32 Å². The molecule has 0 radical (unpaired) electrons. The van der Waals surface area contributed by atoms with E-state index < -0.39 is 17.8 Å². The van der Waals surface area contributed by atoms with Gasteiger partial charge >= 0.3 is 6.03 Å². The number of anilines is 1. The minimum atomic E-state index is -0.810. The SMILES string of the molecule is C=CCc1cc(/C=C2\C(=O)NC(=O)N(c3ccc(C)c(C)c3)C2=O)cc(OC)c1OCC#N. The van der Waals surface area contributed by atoms with Crippen molar-refractivity contribution in [2.45, 2.75) is 20.3 Å². The standard InChI is InChI=1S/C25H23N3O5/c1-5-6-18-12-17(14-21(32-4)22(18)33-10-9-26)13-20-23(29)27-25(31)28(24(20)30)19-8-7-15(2)16(3)11-19/h5,7-8,11-14H,1,6,10H2,2-4H3,(H,27,29,31)/b20-13+. The molecule has 0 aromatic heterocycles. The van der Waals surface area contributed by atoms with Crippen LogP contribution in [0.3, 0.4) is 0 Å². The summed E-state index contributed by atoms with van der Waals surface area (Å²) < 4.78 is 10.9. The summed E-state index contributed by atoms with van der Waals surface area (Å²) in [5, 5.41) is 11.1. The lowest BCUT2D eigenvalue weighted by Gasteiger charge is -2.27. The van der Waals surface area contributed by atoms with Gasteiger partial charge in [-0.1, -0.05) is 12.1 Å². The third-order valence-electron chi connectivity index (χ3n) is 5.18. The Morgan fingerprint density at radius 1 is 1.15 bits per heavy atom. The van der Waals surface area contributed by atoms with Gasteiger partial charge in [0.1, 0.15) is 11.6 Å². The summed E-state index contributed by atoms with van der Waals surface area (Å²) in [6.45, 7) is 7.35. The van der Waals surface area contributed by atoms with Crippen molar-refractivity contribution >= 4 is 29.6 Å². The molecule has 1 fully saturated rings. The van der Waals surface area contributed by atoms with E-state index in [4.69, 9.17) is 14.7 Å². The van der Waals surface area contributed by atoms with Crippen LogP contribution in [0.25, 0.3) is 6.08 Å². The normalized spacial score (nSPS) is 14.7. The van der Waals surface area contributed by atoms with Crippen molar-refractivity contribution in [2.24, 2.45) is 0 Å². The first-order valence-electron chi connectivity index (χ1n) is 10.1. The van der Waals surface area contributed by atoms with E-state index in [0.717, 1.165) is 16.0 Å². The maximum Gasteiger partial charge on any atom is 0.335 e. The number of nitrogens with zero attached hydrogens (tertiary/aromatic N) is 2. The Hall–Kier alpha value is -4.38. The summed E-state index contributed by atoms with van der Waals surface area (Å²) >= 11 is 0. The number of amides is 4. The third kappa shape index (κ3) is 4.77. The van der Waals surface area contributed by atoms with E-state index in [1.54, 1.807) is 36.4 Å². The topological polar surface area (TPSA) is 109 Å². The summed E-state index contributed by atoms with van der Waals surface area (Å²) in [7, 11) is 1.45. The highest BCUT2D eigenvalue weighted by Crippen LogP contribution is 2.35. The average Bonchev–Trinajstić information content (AvgIpc) is 2.78. The molecule has 168 valence electrons. The van der Waals surface area contributed by atoms with Gasteiger partial charge in [-0.2, -0.15) is 5.26 Å². The van der Waals surface area contributed by atoms with Crippen LogP contribution in [-0.4, -0.2) is 31.6 Å². The van der Waals surface area contributed by atoms with Gasteiger partial charge in [0.2, 0.25) is 0 Å². The molecule has 8 heteroatoms. The molecule has 1 N–H and O–H groups in total. The Labute approximate surface area is 191 Å². The van der Waals surface area contributed by atoms with Gasteiger partial charge in [0.25, 0.3) is 11.8 Å². The Balaban J connectivity index is 2.07. The highest BCUT2D eigenvalue weighted by atomic mass is 16.5. The van der Waals surface area contributed by atoms with E-state index in [1.165, 1.54) is 13.2 Å². The van der Waals surface area contributed by atoms with Crippen molar-refractivity contribution in [3.8, 4) is 17.6 Å². The smallest absolute Gasteiger partial charge is 0.335 e. The molecule has 4 amide bonds. The van der Waals surface area contributed by atoms with Crippen LogP contribution in [0, 0.1) is 25.2 Å². The van der Waals surface area contributed by atoms with Gasteiger partial charge in [0.15, 0.2) is 18.1 Å². The molecule has 1 heterocycles. The Kier molecular flexibility index (Phi) is 6.94. The van der Waals surface area contributed by atoms with Crippen LogP contribution in [0.1, 0.15) is 22.3 Å². The predicted octanol–water partition coefficient (Wildman–Crippen LogP) is 3.61. The molecular formula is C25H23N3O5. The Bertz CT molecular complexity index is 1220. The van der Waals surface area contributed by atoms with E-state index in [2.05, 4.69) is 11.9 Å². The first kappa shape index (κ1) is 23.3. The van der Waals surface area contributed by atoms with Crippen molar-refractivity contribution in [3.05, 3.63) is 70.8 Å². The number of methoxy groups -OCH3 is 1. The quantitative estimate of drug-likeness (QED) is 0.396. The maximum atomic E-state index is 13.2. The van der Waals surface area contributed by atoms with Crippen molar-refractivity contribution in [1.29, 1.82) is 5.26 Å². The van der Waals surface area contributed by atoms with Crippen molar-refractivity contribution in [2.75, 3.05) is 18.6 Å². The van der Waals surface area contributed by atoms with Crippen molar-refractivity contribution in [3.63, 3.8) is 0 Å². The van der Waals surface area contributed by atoms with E-state index in [-0.39, 0.29) is 12.2 Å². The molecule has 2 aromatic rings. The highest BCUT2D eigenvalue weighted by Gasteiger charge is 2.37. The molecule has 1 saturated heterocycles. The highest BCUT2D eigenvalue weighted by molar-refractivity contribution is 6.39. The molecule has 0 bridgehead atoms. The first-order chi connectivity index (χ1) is 15.8. The lowest BCUT2D eigenvalue weighted by Crippen LogP contribution is -2.54. The number of hydrogen-bond donors (Lipinski definition) is 1. The molecule has 0 atom stereocenters. The lowest BCUT2D eigenvalue weighted by atomic mass is 10.0. The number of ether oxygens (including phenoxy) is 2. The summed E-state index contributed by atoms with van der Waals surface area (Å²) in [6, 6.07) is 9.57. The van der Waals surface area contributed by atoms with Gasteiger partial charge in [-0.15, -0.1) is 6.58 Å². The van der Waals surface area contributed by atoms with Gasteiger partial charge in [-0.05, 0) is 67.3 Å². The second kappa shape index (κ2) is 9.83. The molecule has 1 aliphatic heterocycles. The molecule has 0 spiro atoms. The zero-order valence-electron chi connectivity index (χ0n) is 18.6. The minimum Gasteiger partial charge on any atom is -0.493 e. The van der Waals surface area contributed by atoms with E-state index >= 15 is 0 Å². The van der Waals surface area contributed by atoms with Gasteiger partial charge in [-0.3, -0.25) is 14.9 Å². The fourth-order valence-corrected chi connectivity index (χ4v) is 3.42. The van der Waals surface area contributed by atoms with Crippen LogP contribution in [0.15, 0.2) is 48.6 Å². The molecule has 3 rings (SSSR count). The molecule has 0 saturated carbocycles. The monoisotopic (exact) mass is 445 g/mol. The predicted molar refractivity (Wildman–Crippen MR) is 123 cm³/mol. The van der Waals surface area contributed by atoms with Gasteiger partial charge < -0.3 is 9.47 Å². The molecule has 8 nitrogen and oxygen atoms in total. The average molecular weight is 445 g/mol. The van der Waals surface area contributed by atoms with Gasteiger partial charge in [0, 0.05) is 5.56 Å². The van der Waals surface area contributed by atoms with Crippen LogP contribution in [0.2, 0.25) is 0 Å². The molecule has 33 heavy (non-hydrogen) atoms. The van der Waals surface area contributed by atoms with E-state index in [0.29, 0.717) is 34.7 Å². The van der Waals surface area contributed by atoms with Crippen LogP contribution >= 0.6 is 0 Å². The number of urea groups is 1. The van der Waals surface area contributed by atoms with Crippen molar-refractivity contribution < 1.29 is 23.9 Å². The zero-order chi connectivity index (χ0) is 24.1. The largest absolute Gasteiger partial charge is 0.493 e. The zero-order valence-corrected chi connectivity index (χ0v) is 18.6. The first-order valence-corrected chi connectivity index (χ1v) is 10.1. The number of allylic oxidation sites excluding steroid dienone is 1. The molecule has 1 aliphatic rings. The van der Waals surface area contributed by atoms with Gasteiger partial charge in [0.05, 0.1) is 12.8 Å². The molecular weight excluding hydrogens is 422 g/mol. The van der Waals surface area contributed by atoms with E-state index in [1.807, 2.05) is 19.9 Å². The number of nitriles is 1. The fraction of sp³-hybridized carbons (Fsp3) is 0.200. The number of carbonyl (C=O) groups is 3. The second-order valence-corrected chi connectivity index (χ2v) is 7.38. The fourth-order valence-electron chi connectivity index (χ4n) is 3.42. The number of imide groups is 2. The second-order valence-electron chi connectivity index (χ2n) is 7.38. The van der Waals surface area contributed by atoms with Crippen LogP contribution in [-0.2, 0) is 16.0 Å². The Morgan fingerprint density at radius 2 is 1.91 bits per heavy atom. The number of barbiturate groups is 1. The Morgan fingerprint density at radius 3 is 2.55 bits per heavy atom. The van der Waals surface area contributed by atoms with Gasteiger partial charge in [-0.25, -0.2) is 9.69 Å². The van der Waals surface area contributed by atoms with E-state index in [9.17, 15) is 14.4 Å². The maximum absolute atomic E-state index is 13.2.